The minimum Gasteiger partial charge on any atom is -0.370 e. The lowest BCUT2D eigenvalue weighted by Crippen LogP contribution is -2.39. The van der Waals surface area contributed by atoms with Crippen molar-refractivity contribution in [1.82, 2.24) is 4.90 Å². The Morgan fingerprint density at radius 3 is 2.76 bits per heavy atom. The maximum Gasteiger partial charge on any atom is 0.193 e. The van der Waals surface area contributed by atoms with Crippen LogP contribution in [-0.4, -0.2) is 37.0 Å². The average Bonchev–Trinajstić information content (AvgIpc) is 2.42. The quantitative estimate of drug-likeness (QED) is 0.464. The van der Waals surface area contributed by atoms with E-state index in [9.17, 15) is 0 Å². The summed E-state index contributed by atoms with van der Waals surface area (Å²) in [6.45, 7) is 4.24. The summed E-state index contributed by atoms with van der Waals surface area (Å²) in [4.78, 5) is 6.84. The van der Waals surface area contributed by atoms with Gasteiger partial charge in [0.25, 0.3) is 0 Å². The molecular weight excluding hydrogens is 375 g/mol. The van der Waals surface area contributed by atoms with Gasteiger partial charge in [0.2, 0.25) is 0 Å². The van der Waals surface area contributed by atoms with Gasteiger partial charge in [0.15, 0.2) is 5.96 Å². The summed E-state index contributed by atoms with van der Waals surface area (Å²) in [5.74, 6) is 0.546. The van der Waals surface area contributed by atoms with Gasteiger partial charge in [-0.2, -0.15) is 0 Å². The highest BCUT2D eigenvalue weighted by atomic mass is 127. The number of nitrogens with zero attached hydrogens (tertiary/aromatic N) is 2. The number of likely N-dealkylation sites (tertiary alicyclic amines) is 1. The van der Waals surface area contributed by atoms with E-state index in [4.69, 9.17) is 5.73 Å². The molecule has 4 nitrogen and oxygen atoms in total. The molecule has 0 bridgehead atoms. The van der Waals surface area contributed by atoms with Crippen molar-refractivity contribution in [1.29, 1.82) is 0 Å². The fourth-order valence-electron chi connectivity index (χ4n) is 2.99. The Balaban J connectivity index is 0.00000161. The van der Waals surface area contributed by atoms with Crippen LogP contribution in [0.2, 0.25) is 0 Å². The molecule has 1 aromatic carbocycles. The zero-order valence-electron chi connectivity index (χ0n) is 12.5. The summed E-state index contributed by atoms with van der Waals surface area (Å²) in [7, 11) is 0. The Morgan fingerprint density at radius 1 is 1.19 bits per heavy atom. The number of nitrogens with one attached hydrogen (secondary N) is 1. The molecule has 21 heavy (non-hydrogen) atoms. The second-order valence-electron chi connectivity index (χ2n) is 5.74. The second-order valence-corrected chi connectivity index (χ2v) is 5.74. The first-order valence-corrected chi connectivity index (χ1v) is 7.73. The van der Waals surface area contributed by atoms with Crippen LogP contribution < -0.4 is 11.1 Å². The molecule has 3 N–H and O–H groups in total. The van der Waals surface area contributed by atoms with E-state index in [1.165, 1.54) is 49.9 Å². The van der Waals surface area contributed by atoms with E-state index in [0.29, 0.717) is 5.96 Å². The number of hydrogen-bond donors (Lipinski definition) is 2. The van der Waals surface area contributed by atoms with Gasteiger partial charge in [-0.15, -0.1) is 24.0 Å². The number of anilines is 1. The smallest absolute Gasteiger partial charge is 0.193 e. The van der Waals surface area contributed by atoms with Crippen molar-refractivity contribution in [2.45, 2.75) is 32.1 Å². The number of guanidine groups is 1. The Hall–Kier alpha value is -0.820. The summed E-state index contributed by atoms with van der Waals surface area (Å²) in [5, 5.41) is 3.29. The van der Waals surface area contributed by atoms with Gasteiger partial charge < -0.3 is 16.0 Å². The van der Waals surface area contributed by atoms with Crippen molar-refractivity contribution >= 4 is 35.6 Å². The molecule has 0 spiro atoms. The van der Waals surface area contributed by atoms with E-state index >= 15 is 0 Å². The van der Waals surface area contributed by atoms with Crippen LogP contribution in [0.1, 0.15) is 30.4 Å². The molecular formula is C16H25IN4. The SMILES string of the molecule is I.NC(=NCCN1CCC1)Nc1cccc2c1CCCC2. The minimum absolute atomic E-state index is 0. The molecule has 116 valence electrons. The number of rotatable bonds is 4. The lowest BCUT2D eigenvalue weighted by Gasteiger charge is -2.29. The summed E-state index contributed by atoms with van der Waals surface area (Å²) >= 11 is 0. The Bertz CT molecular complexity index is 497. The van der Waals surface area contributed by atoms with E-state index in [1.54, 1.807) is 0 Å². The van der Waals surface area contributed by atoms with Gasteiger partial charge >= 0.3 is 0 Å². The number of halogens is 1. The van der Waals surface area contributed by atoms with Crippen molar-refractivity contribution < 1.29 is 0 Å². The molecule has 0 radical (unpaired) electrons. The lowest BCUT2D eigenvalue weighted by molar-refractivity contribution is 0.187. The molecule has 1 aliphatic carbocycles. The molecule has 0 saturated carbocycles. The van der Waals surface area contributed by atoms with Crippen molar-refractivity contribution in [2.75, 3.05) is 31.5 Å². The first kappa shape index (κ1) is 16.5. The molecule has 3 rings (SSSR count). The number of benzene rings is 1. The highest BCUT2D eigenvalue weighted by molar-refractivity contribution is 14.0. The van der Waals surface area contributed by atoms with Crippen LogP contribution in [0.15, 0.2) is 23.2 Å². The molecule has 0 aromatic heterocycles. The third kappa shape index (κ3) is 4.32. The number of aryl methyl sites for hydroxylation is 1. The molecule has 1 saturated heterocycles. The van der Waals surface area contributed by atoms with Gasteiger partial charge in [-0.05, 0) is 62.4 Å². The molecule has 1 heterocycles. The fourth-order valence-corrected chi connectivity index (χ4v) is 2.99. The standard InChI is InChI=1S/C16H24N4.HI/c17-16(18-9-12-20-10-4-11-20)19-15-8-3-6-13-5-1-2-7-14(13)15;/h3,6,8H,1-2,4-5,7,9-12H2,(H3,17,18,19);1H. The highest BCUT2D eigenvalue weighted by Crippen LogP contribution is 2.27. The number of fused-ring (bicyclic) bond motifs is 1. The van der Waals surface area contributed by atoms with Crippen LogP contribution in [0, 0.1) is 0 Å². The average molecular weight is 400 g/mol. The van der Waals surface area contributed by atoms with Gasteiger partial charge in [0, 0.05) is 12.2 Å². The predicted molar refractivity (Wildman–Crippen MR) is 99.7 cm³/mol. The molecule has 1 aromatic rings. The van der Waals surface area contributed by atoms with E-state index in [-0.39, 0.29) is 24.0 Å². The fraction of sp³-hybridized carbons (Fsp3) is 0.562. The van der Waals surface area contributed by atoms with E-state index in [1.807, 2.05) is 0 Å². The first-order chi connectivity index (χ1) is 9.83. The van der Waals surface area contributed by atoms with Crippen LogP contribution >= 0.6 is 24.0 Å². The van der Waals surface area contributed by atoms with Gasteiger partial charge in [0.05, 0.1) is 6.54 Å². The monoisotopic (exact) mass is 400 g/mol. The van der Waals surface area contributed by atoms with Crippen molar-refractivity contribution in [2.24, 2.45) is 10.7 Å². The Labute approximate surface area is 144 Å². The van der Waals surface area contributed by atoms with Crippen molar-refractivity contribution in [3.05, 3.63) is 29.3 Å². The molecule has 1 aliphatic heterocycles. The van der Waals surface area contributed by atoms with Gasteiger partial charge in [0.1, 0.15) is 0 Å². The van der Waals surface area contributed by atoms with Crippen molar-refractivity contribution in [3.63, 3.8) is 0 Å². The van der Waals surface area contributed by atoms with Gasteiger partial charge in [-0.1, -0.05) is 12.1 Å². The van der Waals surface area contributed by atoms with E-state index in [0.717, 1.165) is 25.2 Å². The molecule has 5 heteroatoms. The molecule has 1 fully saturated rings. The summed E-state index contributed by atoms with van der Waals surface area (Å²) in [6, 6.07) is 6.46. The highest BCUT2D eigenvalue weighted by Gasteiger charge is 2.14. The van der Waals surface area contributed by atoms with Crippen LogP contribution in [0.3, 0.4) is 0 Å². The second kappa shape index (κ2) is 7.98. The number of nitrogens with two attached hydrogens (primary N) is 1. The predicted octanol–water partition coefficient (Wildman–Crippen LogP) is 2.62. The first-order valence-electron chi connectivity index (χ1n) is 7.73. The maximum atomic E-state index is 6.00. The van der Waals surface area contributed by atoms with Crippen LogP contribution in [0.5, 0.6) is 0 Å². The zero-order valence-corrected chi connectivity index (χ0v) is 14.8. The van der Waals surface area contributed by atoms with Gasteiger partial charge in [-0.25, -0.2) is 0 Å². The Morgan fingerprint density at radius 2 is 2.00 bits per heavy atom. The third-order valence-electron chi connectivity index (χ3n) is 4.31. The molecule has 0 amide bonds. The number of aliphatic imine (C=N–C) groups is 1. The molecule has 0 unspecified atom stereocenters. The number of hydrogen-bond acceptors (Lipinski definition) is 2. The lowest BCUT2D eigenvalue weighted by atomic mass is 9.90. The summed E-state index contributed by atoms with van der Waals surface area (Å²) in [6.07, 6.45) is 6.25. The van der Waals surface area contributed by atoms with E-state index < -0.39 is 0 Å². The van der Waals surface area contributed by atoms with Gasteiger partial charge in [-0.3, -0.25) is 4.99 Å². The summed E-state index contributed by atoms with van der Waals surface area (Å²) in [5.41, 5.74) is 10.0. The van der Waals surface area contributed by atoms with Crippen LogP contribution in [0.4, 0.5) is 5.69 Å². The van der Waals surface area contributed by atoms with Crippen molar-refractivity contribution in [3.8, 4) is 0 Å². The largest absolute Gasteiger partial charge is 0.370 e. The normalized spacial score (nSPS) is 18.4. The van der Waals surface area contributed by atoms with Crippen LogP contribution in [0.25, 0.3) is 0 Å². The van der Waals surface area contributed by atoms with Crippen LogP contribution in [-0.2, 0) is 12.8 Å². The Kier molecular flexibility index (Phi) is 6.29. The van der Waals surface area contributed by atoms with E-state index in [2.05, 4.69) is 33.4 Å². The molecule has 0 atom stereocenters. The summed E-state index contributed by atoms with van der Waals surface area (Å²) < 4.78 is 0. The minimum atomic E-state index is 0. The maximum absolute atomic E-state index is 6.00. The zero-order chi connectivity index (χ0) is 13.8. The third-order valence-corrected chi connectivity index (χ3v) is 4.31. The topological polar surface area (TPSA) is 53.6 Å². The molecule has 2 aliphatic rings.